The van der Waals surface area contributed by atoms with Crippen LogP contribution in [0.25, 0.3) is 0 Å². The van der Waals surface area contributed by atoms with Crippen LogP contribution in [0.2, 0.25) is 0 Å². The molecule has 0 saturated carbocycles. The Hall–Kier alpha value is -2.94. The first kappa shape index (κ1) is 26.7. The molecule has 3 aromatic rings. The van der Waals surface area contributed by atoms with Crippen LogP contribution in [-0.2, 0) is 21.7 Å². The zero-order chi connectivity index (χ0) is 26.6. The van der Waals surface area contributed by atoms with E-state index in [4.69, 9.17) is 0 Å². The molecule has 0 heterocycles. The Morgan fingerprint density at radius 1 is 0.400 bits per heavy atom. The van der Waals surface area contributed by atoms with Crippen molar-refractivity contribution in [2.75, 3.05) is 0 Å². The van der Waals surface area contributed by atoms with Crippen LogP contribution in [0, 0.1) is 0 Å². The maximum absolute atomic E-state index is 10.7. The molecule has 0 fully saturated rings. The second-order valence-corrected chi connectivity index (χ2v) is 13.1. The van der Waals surface area contributed by atoms with Crippen LogP contribution in [0.4, 0.5) is 0 Å². The predicted octanol–water partition coefficient (Wildman–Crippen LogP) is 8.05. The van der Waals surface area contributed by atoms with Gasteiger partial charge >= 0.3 is 0 Å². The Kier molecular flexibility index (Phi) is 6.57. The van der Waals surface area contributed by atoms with Gasteiger partial charge in [0.25, 0.3) is 0 Å². The van der Waals surface area contributed by atoms with E-state index >= 15 is 0 Å². The van der Waals surface area contributed by atoms with Crippen LogP contribution in [-0.4, -0.2) is 15.3 Å². The quantitative estimate of drug-likeness (QED) is 0.337. The van der Waals surface area contributed by atoms with E-state index in [9.17, 15) is 15.3 Å². The molecule has 0 saturated heterocycles. The molecule has 0 aromatic heterocycles. The summed E-state index contributed by atoms with van der Waals surface area (Å²) in [5.74, 6) is 0.849. The molecule has 3 nitrogen and oxygen atoms in total. The van der Waals surface area contributed by atoms with Crippen LogP contribution < -0.4 is 0 Å². The molecule has 3 heteroatoms. The van der Waals surface area contributed by atoms with Gasteiger partial charge in [-0.3, -0.25) is 0 Å². The molecule has 3 N–H and O–H groups in total. The van der Waals surface area contributed by atoms with Crippen molar-refractivity contribution in [1.29, 1.82) is 0 Å². The lowest BCUT2D eigenvalue weighted by molar-refractivity contribution is 0.444. The van der Waals surface area contributed by atoms with Gasteiger partial charge in [-0.1, -0.05) is 98.7 Å². The molecular formula is C32H42O3. The number of hydrogen-bond donors (Lipinski definition) is 3. The largest absolute Gasteiger partial charge is 0.508 e. The second-order valence-electron chi connectivity index (χ2n) is 13.1. The van der Waals surface area contributed by atoms with E-state index in [1.165, 1.54) is 0 Å². The molecule has 0 aliphatic carbocycles. The average molecular weight is 475 g/mol. The average Bonchev–Trinajstić information content (AvgIpc) is 2.71. The van der Waals surface area contributed by atoms with Gasteiger partial charge < -0.3 is 15.3 Å². The maximum Gasteiger partial charge on any atom is 0.119 e. The highest BCUT2D eigenvalue weighted by Crippen LogP contribution is 2.46. The Bertz CT molecular complexity index is 1080. The van der Waals surface area contributed by atoms with Crippen LogP contribution in [0.3, 0.4) is 0 Å². The third-order valence-corrected chi connectivity index (χ3v) is 7.15. The van der Waals surface area contributed by atoms with Gasteiger partial charge in [-0.25, -0.2) is 0 Å². The molecule has 188 valence electrons. The third kappa shape index (κ3) is 5.05. The van der Waals surface area contributed by atoms with E-state index in [-0.39, 0.29) is 33.5 Å². The highest BCUT2D eigenvalue weighted by atomic mass is 16.3. The topological polar surface area (TPSA) is 60.7 Å². The number of hydrogen-bond acceptors (Lipinski definition) is 3. The molecule has 35 heavy (non-hydrogen) atoms. The lowest BCUT2D eigenvalue weighted by Gasteiger charge is -2.36. The van der Waals surface area contributed by atoms with Gasteiger partial charge in [-0.05, 0) is 74.7 Å². The maximum atomic E-state index is 10.7. The lowest BCUT2D eigenvalue weighted by atomic mass is 9.67. The van der Waals surface area contributed by atoms with Crippen molar-refractivity contribution in [3.63, 3.8) is 0 Å². The van der Waals surface area contributed by atoms with Gasteiger partial charge in [-0.2, -0.15) is 0 Å². The molecule has 0 atom stereocenters. The van der Waals surface area contributed by atoms with E-state index in [1.807, 2.05) is 18.2 Å². The highest BCUT2D eigenvalue weighted by Gasteiger charge is 2.35. The Morgan fingerprint density at radius 2 is 0.629 bits per heavy atom. The van der Waals surface area contributed by atoms with Gasteiger partial charge in [0.2, 0.25) is 0 Å². The molecule has 0 spiro atoms. The van der Waals surface area contributed by atoms with Crippen LogP contribution in [0.5, 0.6) is 17.2 Å². The van der Waals surface area contributed by atoms with Crippen molar-refractivity contribution in [1.82, 2.24) is 0 Å². The molecule has 0 aliphatic heterocycles. The van der Waals surface area contributed by atoms with Crippen LogP contribution in [0.15, 0.2) is 54.6 Å². The molecule has 0 unspecified atom stereocenters. The summed E-state index contributed by atoms with van der Waals surface area (Å²) in [4.78, 5) is 0. The standard InChI is InChI=1S/C32H42O3/c1-29(2,3)23-17-20(11-14-26(23)33)32(10,21-12-15-27(34)24(18-21)30(4,5)6)22-13-16-28(35)25(19-22)31(7,8)9/h11-19,33-35H,1-10H3. The number of benzene rings is 3. The number of rotatable bonds is 3. The summed E-state index contributed by atoms with van der Waals surface area (Å²) in [7, 11) is 0. The van der Waals surface area contributed by atoms with Crippen molar-refractivity contribution in [2.24, 2.45) is 0 Å². The summed E-state index contributed by atoms with van der Waals surface area (Å²) < 4.78 is 0. The fourth-order valence-electron chi connectivity index (χ4n) is 4.84. The minimum Gasteiger partial charge on any atom is -0.508 e. The summed E-state index contributed by atoms with van der Waals surface area (Å²) in [5, 5.41) is 32.1. The summed E-state index contributed by atoms with van der Waals surface area (Å²) in [6.07, 6.45) is 0. The smallest absolute Gasteiger partial charge is 0.119 e. The number of aromatic hydroxyl groups is 3. The SMILES string of the molecule is CC(C)(C)c1cc(C(C)(c2ccc(O)c(C(C)(C)C)c2)c2ccc(O)c(C(C)(C)C)c2)ccc1O. The minimum atomic E-state index is -0.602. The summed E-state index contributed by atoms with van der Waals surface area (Å²) >= 11 is 0. The Morgan fingerprint density at radius 3 is 0.829 bits per heavy atom. The molecular weight excluding hydrogens is 432 g/mol. The minimum absolute atomic E-state index is 0.238. The summed E-state index contributed by atoms with van der Waals surface area (Å²) in [6, 6.07) is 17.6. The Labute approximate surface area is 211 Å². The zero-order valence-corrected chi connectivity index (χ0v) is 23.0. The normalized spacial score (nSPS) is 13.2. The summed E-state index contributed by atoms with van der Waals surface area (Å²) in [6.45, 7) is 21.1. The van der Waals surface area contributed by atoms with E-state index in [0.717, 1.165) is 33.4 Å². The van der Waals surface area contributed by atoms with Crippen molar-refractivity contribution in [3.05, 3.63) is 88.0 Å². The zero-order valence-electron chi connectivity index (χ0n) is 23.0. The fourth-order valence-corrected chi connectivity index (χ4v) is 4.84. The van der Waals surface area contributed by atoms with E-state index < -0.39 is 5.41 Å². The van der Waals surface area contributed by atoms with Gasteiger partial charge in [0.15, 0.2) is 0 Å². The van der Waals surface area contributed by atoms with Crippen molar-refractivity contribution in [3.8, 4) is 17.2 Å². The highest BCUT2D eigenvalue weighted by molar-refractivity contribution is 5.57. The first-order chi connectivity index (χ1) is 15.9. The molecule has 3 rings (SSSR count). The van der Waals surface area contributed by atoms with Gasteiger partial charge in [-0.15, -0.1) is 0 Å². The molecule has 0 aliphatic rings. The van der Waals surface area contributed by atoms with Crippen LogP contribution >= 0.6 is 0 Å². The molecule has 0 bridgehead atoms. The monoisotopic (exact) mass is 474 g/mol. The molecule has 0 amide bonds. The molecule has 0 radical (unpaired) electrons. The number of phenolic OH excluding ortho intramolecular Hbond substituents is 3. The third-order valence-electron chi connectivity index (χ3n) is 7.15. The van der Waals surface area contributed by atoms with Crippen molar-refractivity contribution >= 4 is 0 Å². The Balaban J connectivity index is 2.43. The van der Waals surface area contributed by atoms with Crippen molar-refractivity contribution in [2.45, 2.75) is 90.9 Å². The second kappa shape index (κ2) is 8.62. The predicted molar refractivity (Wildman–Crippen MR) is 146 cm³/mol. The molecule has 3 aromatic carbocycles. The first-order valence-corrected chi connectivity index (χ1v) is 12.4. The fraction of sp³-hybridized carbons (Fsp3) is 0.438. The van der Waals surface area contributed by atoms with Gasteiger partial charge in [0, 0.05) is 5.41 Å². The van der Waals surface area contributed by atoms with Crippen LogP contribution in [0.1, 0.15) is 103 Å². The first-order valence-electron chi connectivity index (χ1n) is 12.4. The lowest BCUT2D eigenvalue weighted by Crippen LogP contribution is -2.28. The van der Waals surface area contributed by atoms with Crippen molar-refractivity contribution < 1.29 is 15.3 Å². The van der Waals surface area contributed by atoms with E-state index in [2.05, 4.69) is 87.4 Å². The number of phenols is 3. The van der Waals surface area contributed by atoms with E-state index in [0.29, 0.717) is 0 Å². The van der Waals surface area contributed by atoms with E-state index in [1.54, 1.807) is 18.2 Å². The van der Waals surface area contributed by atoms with Gasteiger partial charge in [0.1, 0.15) is 17.2 Å². The summed E-state index contributed by atoms with van der Waals surface area (Å²) in [5.41, 5.74) is 4.44. The van der Waals surface area contributed by atoms with Gasteiger partial charge in [0.05, 0.1) is 0 Å².